The van der Waals surface area contributed by atoms with Gasteiger partial charge in [0.2, 0.25) is 0 Å². The summed E-state index contributed by atoms with van der Waals surface area (Å²) in [5.41, 5.74) is 5.14. The van der Waals surface area contributed by atoms with Crippen molar-refractivity contribution in [2.75, 3.05) is 11.4 Å². The first-order valence-corrected chi connectivity index (χ1v) is 9.43. The molecule has 0 aromatic heterocycles. The average molecular weight is 365 g/mol. The summed E-state index contributed by atoms with van der Waals surface area (Å²) >= 11 is 0. The number of benzene rings is 2. The summed E-state index contributed by atoms with van der Waals surface area (Å²) < 4.78 is 0. The second-order valence-electron chi connectivity index (χ2n) is 7.97. The third kappa shape index (κ3) is 3.72. The Hall–Kier alpha value is -2.69. The van der Waals surface area contributed by atoms with Crippen LogP contribution in [0.1, 0.15) is 56.7 Å². The maximum atomic E-state index is 11.1. The summed E-state index contributed by atoms with van der Waals surface area (Å²) in [4.78, 5) is 17.7. The molecule has 0 amide bonds. The normalized spacial score (nSPS) is 18.6. The van der Waals surface area contributed by atoms with E-state index < -0.39 is 0 Å². The minimum absolute atomic E-state index is 0.101. The Morgan fingerprint density at radius 3 is 2.70 bits per heavy atom. The largest absolute Gasteiger partial charge is 0.366 e. The number of aliphatic imine (C=N–C) groups is 1. The third-order valence-corrected chi connectivity index (χ3v) is 5.48. The number of nitro benzene ring substituents is 1. The van der Waals surface area contributed by atoms with Crippen LogP contribution >= 0.6 is 0 Å². The fourth-order valence-electron chi connectivity index (χ4n) is 4.21. The van der Waals surface area contributed by atoms with Crippen LogP contribution in [0.5, 0.6) is 0 Å². The van der Waals surface area contributed by atoms with E-state index in [1.807, 2.05) is 0 Å². The van der Waals surface area contributed by atoms with E-state index in [1.165, 1.54) is 17.3 Å². The van der Waals surface area contributed by atoms with Gasteiger partial charge in [-0.05, 0) is 69.4 Å². The Bertz CT molecular complexity index is 902. The van der Waals surface area contributed by atoms with Gasteiger partial charge in [-0.25, -0.2) is 0 Å². The zero-order valence-corrected chi connectivity index (χ0v) is 16.7. The highest BCUT2D eigenvalue weighted by Gasteiger charge is 2.35. The lowest BCUT2D eigenvalue weighted by molar-refractivity contribution is -0.385. The summed E-state index contributed by atoms with van der Waals surface area (Å²) in [6, 6.07) is 11.5. The van der Waals surface area contributed by atoms with Crippen molar-refractivity contribution in [3.05, 3.63) is 63.2 Å². The second-order valence-corrected chi connectivity index (χ2v) is 7.97. The molecule has 5 nitrogen and oxygen atoms in total. The van der Waals surface area contributed by atoms with Crippen LogP contribution in [0.15, 0.2) is 41.4 Å². The van der Waals surface area contributed by atoms with Gasteiger partial charge < -0.3 is 4.90 Å². The number of nitrogens with zero attached hydrogens (tertiary/aromatic N) is 3. The Balaban J connectivity index is 1.92. The fourth-order valence-corrected chi connectivity index (χ4v) is 4.21. The van der Waals surface area contributed by atoms with E-state index in [-0.39, 0.29) is 16.1 Å². The summed E-state index contributed by atoms with van der Waals surface area (Å²) in [5, 5.41) is 11.1. The van der Waals surface area contributed by atoms with Crippen LogP contribution in [0.4, 0.5) is 17.1 Å². The van der Waals surface area contributed by atoms with Gasteiger partial charge in [0.25, 0.3) is 5.69 Å². The van der Waals surface area contributed by atoms with Crippen LogP contribution in [0.25, 0.3) is 0 Å². The topological polar surface area (TPSA) is 58.7 Å². The van der Waals surface area contributed by atoms with Crippen molar-refractivity contribution in [1.82, 2.24) is 0 Å². The molecular weight excluding hydrogens is 338 g/mol. The monoisotopic (exact) mass is 365 g/mol. The van der Waals surface area contributed by atoms with E-state index in [0.29, 0.717) is 17.2 Å². The molecule has 142 valence electrons. The molecule has 0 aliphatic carbocycles. The first-order valence-electron chi connectivity index (χ1n) is 9.43. The van der Waals surface area contributed by atoms with Crippen LogP contribution in [0, 0.1) is 17.0 Å². The number of hydrogen-bond acceptors (Lipinski definition) is 4. The molecule has 0 bridgehead atoms. The highest BCUT2D eigenvalue weighted by molar-refractivity contribution is 5.84. The minimum Gasteiger partial charge on any atom is -0.366 e. The van der Waals surface area contributed by atoms with Crippen molar-refractivity contribution in [2.45, 2.75) is 52.5 Å². The molecule has 1 unspecified atom stereocenters. The van der Waals surface area contributed by atoms with Crippen molar-refractivity contribution in [1.29, 1.82) is 0 Å². The van der Waals surface area contributed by atoms with Crippen molar-refractivity contribution in [3.63, 3.8) is 0 Å². The molecule has 0 spiro atoms. The van der Waals surface area contributed by atoms with Gasteiger partial charge in [0.1, 0.15) is 0 Å². The SMILES string of the molecule is CCN1c2ccc(C=Nc3ccc(C)c([N+](=O)[O-])c3)cc2C(C)CC1(C)C. The maximum absolute atomic E-state index is 11.1. The molecule has 5 heteroatoms. The first kappa shape index (κ1) is 19.1. The molecule has 2 aromatic carbocycles. The standard InChI is InChI=1S/C22H27N3O2/c1-6-24-20-10-8-17(11-19(20)16(3)13-22(24,4)5)14-23-18-9-7-15(2)21(12-18)25(26)27/h7-12,14,16H,6,13H2,1-5H3. The zero-order chi connectivity index (χ0) is 19.8. The molecule has 0 fully saturated rings. The summed E-state index contributed by atoms with van der Waals surface area (Å²) in [5.74, 6) is 0.478. The molecule has 0 radical (unpaired) electrons. The van der Waals surface area contributed by atoms with Crippen molar-refractivity contribution < 1.29 is 4.92 Å². The van der Waals surface area contributed by atoms with E-state index >= 15 is 0 Å². The van der Waals surface area contributed by atoms with Crippen LogP contribution in [-0.4, -0.2) is 23.2 Å². The Morgan fingerprint density at radius 1 is 1.30 bits per heavy atom. The van der Waals surface area contributed by atoms with Gasteiger partial charge in [0.05, 0.1) is 10.6 Å². The number of fused-ring (bicyclic) bond motifs is 1. The number of anilines is 1. The van der Waals surface area contributed by atoms with Gasteiger partial charge in [0.15, 0.2) is 0 Å². The van der Waals surface area contributed by atoms with Crippen LogP contribution < -0.4 is 4.90 Å². The van der Waals surface area contributed by atoms with E-state index in [9.17, 15) is 10.1 Å². The minimum atomic E-state index is -0.365. The average Bonchev–Trinajstić information content (AvgIpc) is 2.60. The predicted octanol–water partition coefficient (Wildman–Crippen LogP) is 5.77. The van der Waals surface area contributed by atoms with E-state index in [0.717, 1.165) is 18.5 Å². The van der Waals surface area contributed by atoms with Gasteiger partial charge in [-0.3, -0.25) is 15.1 Å². The van der Waals surface area contributed by atoms with E-state index in [1.54, 1.807) is 25.3 Å². The van der Waals surface area contributed by atoms with E-state index in [2.05, 4.69) is 55.8 Å². The lowest BCUT2D eigenvalue weighted by atomic mass is 9.79. The summed E-state index contributed by atoms with van der Waals surface area (Å²) in [6.07, 6.45) is 2.90. The smallest absolute Gasteiger partial charge is 0.274 e. The molecule has 27 heavy (non-hydrogen) atoms. The lowest BCUT2D eigenvalue weighted by Crippen LogP contribution is -2.48. The lowest BCUT2D eigenvalue weighted by Gasteiger charge is -2.47. The van der Waals surface area contributed by atoms with Gasteiger partial charge in [0, 0.05) is 35.6 Å². The number of aryl methyl sites for hydroxylation is 1. The highest BCUT2D eigenvalue weighted by Crippen LogP contribution is 2.43. The predicted molar refractivity (Wildman–Crippen MR) is 112 cm³/mol. The molecule has 1 aliphatic heterocycles. The molecule has 1 heterocycles. The molecular formula is C22H27N3O2. The third-order valence-electron chi connectivity index (χ3n) is 5.48. The van der Waals surface area contributed by atoms with Crippen LogP contribution in [-0.2, 0) is 0 Å². The highest BCUT2D eigenvalue weighted by atomic mass is 16.6. The summed E-state index contributed by atoms with van der Waals surface area (Å²) in [7, 11) is 0. The zero-order valence-electron chi connectivity index (χ0n) is 16.7. The Labute approximate surface area is 160 Å². The van der Waals surface area contributed by atoms with Gasteiger partial charge >= 0.3 is 0 Å². The van der Waals surface area contributed by atoms with Crippen molar-refractivity contribution in [3.8, 4) is 0 Å². The number of hydrogen-bond donors (Lipinski definition) is 0. The number of rotatable bonds is 4. The van der Waals surface area contributed by atoms with E-state index in [4.69, 9.17) is 0 Å². The Kier molecular flexibility index (Phi) is 5.05. The molecule has 3 rings (SSSR count). The molecule has 0 saturated carbocycles. The van der Waals surface area contributed by atoms with Crippen molar-refractivity contribution in [2.24, 2.45) is 4.99 Å². The van der Waals surface area contributed by atoms with Gasteiger partial charge in [-0.15, -0.1) is 0 Å². The maximum Gasteiger partial charge on any atom is 0.274 e. The quantitative estimate of drug-likeness (QED) is 0.393. The van der Waals surface area contributed by atoms with Gasteiger partial charge in [-0.1, -0.05) is 19.1 Å². The van der Waals surface area contributed by atoms with Crippen LogP contribution in [0.2, 0.25) is 0 Å². The fraction of sp³-hybridized carbons (Fsp3) is 0.409. The van der Waals surface area contributed by atoms with Crippen LogP contribution in [0.3, 0.4) is 0 Å². The first-order chi connectivity index (χ1) is 12.7. The molecule has 1 aliphatic rings. The molecule has 0 N–H and O–H groups in total. The van der Waals surface area contributed by atoms with Crippen molar-refractivity contribution >= 4 is 23.3 Å². The molecule has 2 aromatic rings. The number of nitro groups is 1. The van der Waals surface area contributed by atoms with Gasteiger partial charge in [-0.2, -0.15) is 0 Å². The summed E-state index contributed by atoms with van der Waals surface area (Å²) in [6.45, 7) is 11.8. The molecule has 1 atom stereocenters. The molecule has 0 saturated heterocycles. The Morgan fingerprint density at radius 2 is 2.04 bits per heavy atom. The second kappa shape index (κ2) is 7.14.